The maximum Gasteiger partial charge on any atom is 0.0635 e. The lowest BCUT2D eigenvalue weighted by molar-refractivity contribution is 0.261. The first-order chi connectivity index (χ1) is 8.20. The summed E-state index contributed by atoms with van der Waals surface area (Å²) in [6, 6.07) is 8.38. The van der Waals surface area contributed by atoms with E-state index in [0.717, 1.165) is 29.4 Å². The first kappa shape index (κ1) is 12.2. The van der Waals surface area contributed by atoms with Crippen molar-refractivity contribution in [2.75, 3.05) is 12.3 Å². The molecule has 4 heteroatoms. The Morgan fingerprint density at radius 3 is 2.88 bits per heavy atom. The van der Waals surface area contributed by atoms with Gasteiger partial charge in [-0.25, -0.2) is 0 Å². The molecule has 90 valence electrons. The highest BCUT2D eigenvalue weighted by Crippen LogP contribution is 2.30. The summed E-state index contributed by atoms with van der Waals surface area (Å²) in [5, 5.41) is 9.41. The molecular formula is C13H16ClN3. The van der Waals surface area contributed by atoms with E-state index in [9.17, 15) is 0 Å². The molecule has 0 atom stereocenters. The fraction of sp³-hybridized carbons (Fsp3) is 0.462. The van der Waals surface area contributed by atoms with Crippen molar-refractivity contribution >= 4 is 17.3 Å². The maximum absolute atomic E-state index is 8.66. The van der Waals surface area contributed by atoms with Gasteiger partial charge in [0, 0.05) is 36.3 Å². The van der Waals surface area contributed by atoms with Crippen molar-refractivity contribution in [1.29, 1.82) is 5.26 Å². The van der Waals surface area contributed by atoms with E-state index in [-0.39, 0.29) is 0 Å². The molecule has 0 aliphatic heterocycles. The predicted molar refractivity (Wildman–Crippen MR) is 69.5 cm³/mol. The third-order valence-electron chi connectivity index (χ3n) is 3.02. The Hall–Kier alpha value is -1.24. The molecule has 0 spiro atoms. The molecule has 1 saturated carbocycles. The molecule has 0 aromatic heterocycles. The number of anilines is 1. The van der Waals surface area contributed by atoms with Crippen LogP contribution < -0.4 is 5.73 Å². The van der Waals surface area contributed by atoms with Crippen molar-refractivity contribution in [3.05, 3.63) is 28.8 Å². The van der Waals surface area contributed by atoms with Crippen LogP contribution >= 0.6 is 11.6 Å². The standard InChI is InChI=1S/C13H16ClN3/c14-13-5-2-11(16)8-10(13)9-17(7-1-6-15)12-3-4-12/h2,5,8,12H,1,3-4,7,9,16H2. The molecule has 0 saturated heterocycles. The third-order valence-corrected chi connectivity index (χ3v) is 3.39. The van der Waals surface area contributed by atoms with Crippen molar-refractivity contribution in [3.8, 4) is 6.07 Å². The molecule has 0 amide bonds. The number of nitrogen functional groups attached to an aromatic ring is 1. The number of rotatable bonds is 5. The lowest BCUT2D eigenvalue weighted by atomic mass is 10.2. The molecule has 0 radical (unpaired) electrons. The van der Waals surface area contributed by atoms with Crippen molar-refractivity contribution in [3.63, 3.8) is 0 Å². The monoisotopic (exact) mass is 249 g/mol. The number of benzene rings is 1. The van der Waals surface area contributed by atoms with Gasteiger partial charge < -0.3 is 5.73 Å². The molecule has 1 fully saturated rings. The zero-order valence-electron chi connectivity index (χ0n) is 9.69. The Morgan fingerprint density at radius 2 is 2.24 bits per heavy atom. The zero-order chi connectivity index (χ0) is 12.3. The van der Waals surface area contributed by atoms with Gasteiger partial charge in [0.25, 0.3) is 0 Å². The van der Waals surface area contributed by atoms with E-state index in [0.29, 0.717) is 12.5 Å². The average molecular weight is 250 g/mol. The Balaban J connectivity index is 2.06. The van der Waals surface area contributed by atoms with Crippen LogP contribution in [0.5, 0.6) is 0 Å². The van der Waals surface area contributed by atoms with Crippen molar-refractivity contribution in [2.45, 2.75) is 31.8 Å². The molecule has 3 nitrogen and oxygen atoms in total. The van der Waals surface area contributed by atoms with Gasteiger partial charge in [0.05, 0.1) is 6.07 Å². The van der Waals surface area contributed by atoms with E-state index >= 15 is 0 Å². The second-order valence-electron chi connectivity index (χ2n) is 4.46. The quantitative estimate of drug-likeness (QED) is 0.817. The fourth-order valence-electron chi connectivity index (χ4n) is 1.96. The highest BCUT2D eigenvalue weighted by atomic mass is 35.5. The van der Waals surface area contributed by atoms with Crippen LogP contribution in [0.25, 0.3) is 0 Å². The average Bonchev–Trinajstić information content (AvgIpc) is 3.13. The van der Waals surface area contributed by atoms with Gasteiger partial charge in [-0.05, 0) is 36.6 Å². The topological polar surface area (TPSA) is 53.0 Å². The van der Waals surface area contributed by atoms with Crippen molar-refractivity contribution < 1.29 is 0 Å². The molecule has 2 rings (SSSR count). The first-order valence-electron chi connectivity index (χ1n) is 5.85. The molecule has 0 bridgehead atoms. The van der Waals surface area contributed by atoms with Crippen LogP contribution in [0.4, 0.5) is 5.69 Å². The predicted octanol–water partition coefficient (Wildman–Crippen LogP) is 2.80. The summed E-state index contributed by atoms with van der Waals surface area (Å²) in [5.41, 5.74) is 7.55. The van der Waals surface area contributed by atoms with E-state index in [1.807, 2.05) is 18.2 Å². The Kier molecular flexibility index (Phi) is 3.88. The van der Waals surface area contributed by atoms with Crippen LogP contribution in [0.3, 0.4) is 0 Å². The van der Waals surface area contributed by atoms with Crippen LogP contribution in [-0.4, -0.2) is 17.5 Å². The van der Waals surface area contributed by atoms with Gasteiger partial charge in [0.2, 0.25) is 0 Å². The molecular weight excluding hydrogens is 234 g/mol. The summed E-state index contributed by atoms with van der Waals surface area (Å²) in [5.74, 6) is 0. The van der Waals surface area contributed by atoms with Gasteiger partial charge in [0.1, 0.15) is 0 Å². The van der Waals surface area contributed by atoms with E-state index in [2.05, 4.69) is 11.0 Å². The van der Waals surface area contributed by atoms with Crippen LogP contribution in [-0.2, 0) is 6.54 Å². The summed E-state index contributed by atoms with van der Waals surface area (Å²) >= 11 is 6.15. The second-order valence-corrected chi connectivity index (χ2v) is 4.87. The maximum atomic E-state index is 8.66. The lowest BCUT2D eigenvalue weighted by Gasteiger charge is -2.21. The Morgan fingerprint density at radius 1 is 1.47 bits per heavy atom. The number of nitrogens with two attached hydrogens (primary N) is 1. The normalized spacial score (nSPS) is 14.9. The van der Waals surface area contributed by atoms with Gasteiger partial charge in [-0.1, -0.05) is 11.6 Å². The minimum atomic E-state index is 0.566. The molecule has 0 unspecified atom stereocenters. The van der Waals surface area contributed by atoms with E-state index < -0.39 is 0 Å². The van der Waals surface area contributed by atoms with E-state index in [1.54, 1.807) is 0 Å². The van der Waals surface area contributed by atoms with Crippen LogP contribution in [0.1, 0.15) is 24.8 Å². The molecule has 1 aromatic carbocycles. The molecule has 2 N–H and O–H groups in total. The highest BCUT2D eigenvalue weighted by molar-refractivity contribution is 6.31. The summed E-state index contributed by atoms with van der Waals surface area (Å²) in [4.78, 5) is 2.32. The highest BCUT2D eigenvalue weighted by Gasteiger charge is 2.28. The van der Waals surface area contributed by atoms with Gasteiger partial charge >= 0.3 is 0 Å². The summed E-state index contributed by atoms with van der Waals surface area (Å²) in [7, 11) is 0. The van der Waals surface area contributed by atoms with E-state index in [4.69, 9.17) is 22.6 Å². The molecule has 0 heterocycles. The fourth-order valence-corrected chi connectivity index (χ4v) is 2.14. The van der Waals surface area contributed by atoms with Crippen LogP contribution in [0, 0.1) is 11.3 Å². The van der Waals surface area contributed by atoms with Gasteiger partial charge in [-0.3, -0.25) is 4.90 Å². The molecule has 1 aliphatic carbocycles. The minimum absolute atomic E-state index is 0.566. The van der Waals surface area contributed by atoms with Crippen molar-refractivity contribution in [1.82, 2.24) is 4.90 Å². The molecule has 1 aliphatic rings. The second kappa shape index (κ2) is 5.39. The number of hydrogen-bond donors (Lipinski definition) is 1. The van der Waals surface area contributed by atoms with Gasteiger partial charge in [0.15, 0.2) is 0 Å². The molecule has 1 aromatic rings. The number of hydrogen-bond acceptors (Lipinski definition) is 3. The van der Waals surface area contributed by atoms with Crippen LogP contribution in [0.15, 0.2) is 18.2 Å². The Bertz CT molecular complexity index is 435. The summed E-state index contributed by atoms with van der Waals surface area (Å²) in [6.07, 6.45) is 3.02. The summed E-state index contributed by atoms with van der Waals surface area (Å²) in [6.45, 7) is 1.60. The van der Waals surface area contributed by atoms with Gasteiger partial charge in [-0.2, -0.15) is 5.26 Å². The minimum Gasteiger partial charge on any atom is -0.399 e. The zero-order valence-corrected chi connectivity index (χ0v) is 10.5. The largest absolute Gasteiger partial charge is 0.399 e. The SMILES string of the molecule is N#CCCN(Cc1cc(N)ccc1Cl)C1CC1. The van der Waals surface area contributed by atoms with E-state index in [1.165, 1.54) is 12.8 Å². The van der Waals surface area contributed by atoms with Gasteiger partial charge in [-0.15, -0.1) is 0 Å². The van der Waals surface area contributed by atoms with Crippen LogP contribution in [0.2, 0.25) is 5.02 Å². The number of nitrogens with zero attached hydrogens (tertiary/aromatic N) is 2. The Labute approximate surface area is 107 Å². The first-order valence-corrected chi connectivity index (χ1v) is 6.23. The number of halogens is 1. The third kappa shape index (κ3) is 3.36. The van der Waals surface area contributed by atoms with Crippen molar-refractivity contribution in [2.24, 2.45) is 0 Å². The lowest BCUT2D eigenvalue weighted by Crippen LogP contribution is -2.26. The molecule has 17 heavy (non-hydrogen) atoms. The smallest absolute Gasteiger partial charge is 0.0635 e. The summed E-state index contributed by atoms with van der Waals surface area (Å²) < 4.78 is 0. The number of nitriles is 1.